The van der Waals surface area contributed by atoms with Crippen molar-refractivity contribution < 1.29 is 9.53 Å². The summed E-state index contributed by atoms with van der Waals surface area (Å²) in [5, 5.41) is 6.13. The van der Waals surface area contributed by atoms with Gasteiger partial charge in [0.25, 0.3) is 0 Å². The Hall–Kier alpha value is -0.650. The fourth-order valence-corrected chi connectivity index (χ4v) is 2.37. The fourth-order valence-electron chi connectivity index (χ4n) is 2.37. The molecule has 0 aromatic heterocycles. The van der Waals surface area contributed by atoms with Crippen molar-refractivity contribution in [2.24, 2.45) is 5.92 Å². The highest BCUT2D eigenvalue weighted by Crippen LogP contribution is 2.14. The standard InChI is InChI=1S/C13H27N3O2/c1-4-16-6-5-12(9-16)7-14-8-13(17)15-11(2)10-18-3/h11-12,14H,4-10H2,1-3H3,(H,15,17). The van der Waals surface area contributed by atoms with Crippen molar-refractivity contribution in [2.45, 2.75) is 26.3 Å². The van der Waals surface area contributed by atoms with E-state index in [0.29, 0.717) is 19.1 Å². The summed E-state index contributed by atoms with van der Waals surface area (Å²) in [4.78, 5) is 14.0. The monoisotopic (exact) mass is 257 g/mol. The summed E-state index contributed by atoms with van der Waals surface area (Å²) in [6.07, 6.45) is 1.24. The van der Waals surface area contributed by atoms with Crippen LogP contribution in [0.4, 0.5) is 0 Å². The number of hydrogen-bond acceptors (Lipinski definition) is 4. The molecule has 1 fully saturated rings. The van der Waals surface area contributed by atoms with Crippen molar-refractivity contribution >= 4 is 5.91 Å². The Morgan fingerprint density at radius 2 is 2.33 bits per heavy atom. The third-order valence-corrected chi connectivity index (χ3v) is 3.36. The zero-order valence-electron chi connectivity index (χ0n) is 11.9. The van der Waals surface area contributed by atoms with Crippen molar-refractivity contribution in [1.29, 1.82) is 0 Å². The Bertz CT molecular complexity index is 248. The molecular formula is C13H27N3O2. The van der Waals surface area contributed by atoms with Crippen molar-refractivity contribution in [3.05, 3.63) is 0 Å². The van der Waals surface area contributed by atoms with Crippen LogP contribution < -0.4 is 10.6 Å². The molecule has 1 aliphatic heterocycles. The van der Waals surface area contributed by atoms with Crippen LogP contribution in [-0.4, -0.2) is 63.3 Å². The summed E-state index contributed by atoms with van der Waals surface area (Å²) in [6, 6.07) is 0.0753. The lowest BCUT2D eigenvalue weighted by Gasteiger charge is -2.15. The van der Waals surface area contributed by atoms with Crippen molar-refractivity contribution in [2.75, 3.05) is 46.4 Å². The van der Waals surface area contributed by atoms with E-state index in [1.807, 2.05) is 6.92 Å². The van der Waals surface area contributed by atoms with Crippen molar-refractivity contribution in [3.63, 3.8) is 0 Å². The third kappa shape index (κ3) is 5.80. The second kappa shape index (κ2) is 8.45. The molecule has 2 N–H and O–H groups in total. The van der Waals surface area contributed by atoms with E-state index in [4.69, 9.17) is 4.74 Å². The number of carbonyl (C=O) groups excluding carboxylic acids is 1. The molecule has 0 aliphatic carbocycles. The van der Waals surface area contributed by atoms with Gasteiger partial charge in [-0.1, -0.05) is 6.92 Å². The number of carbonyl (C=O) groups is 1. The van der Waals surface area contributed by atoms with Gasteiger partial charge >= 0.3 is 0 Å². The summed E-state index contributed by atoms with van der Waals surface area (Å²) in [7, 11) is 1.64. The first kappa shape index (κ1) is 15.4. The first-order chi connectivity index (χ1) is 8.65. The molecule has 106 valence electrons. The molecule has 1 saturated heterocycles. The quantitative estimate of drug-likeness (QED) is 0.646. The summed E-state index contributed by atoms with van der Waals surface area (Å²) in [5.41, 5.74) is 0. The number of amides is 1. The third-order valence-electron chi connectivity index (χ3n) is 3.36. The van der Waals surface area contributed by atoms with Crippen LogP contribution in [0.1, 0.15) is 20.3 Å². The highest BCUT2D eigenvalue weighted by atomic mass is 16.5. The molecule has 1 amide bonds. The van der Waals surface area contributed by atoms with Gasteiger partial charge in [0.15, 0.2) is 0 Å². The number of hydrogen-bond donors (Lipinski definition) is 2. The molecular weight excluding hydrogens is 230 g/mol. The van der Waals surface area contributed by atoms with Gasteiger partial charge in [0, 0.05) is 19.7 Å². The van der Waals surface area contributed by atoms with E-state index in [-0.39, 0.29) is 11.9 Å². The molecule has 5 nitrogen and oxygen atoms in total. The maximum atomic E-state index is 11.6. The van der Waals surface area contributed by atoms with Gasteiger partial charge < -0.3 is 20.3 Å². The smallest absolute Gasteiger partial charge is 0.234 e. The predicted octanol–water partition coefficient (Wildman–Crippen LogP) is 0.0689. The molecule has 0 aromatic rings. The Morgan fingerprint density at radius 1 is 1.56 bits per heavy atom. The van der Waals surface area contributed by atoms with E-state index < -0.39 is 0 Å². The molecule has 1 heterocycles. The van der Waals surface area contributed by atoms with E-state index in [2.05, 4.69) is 22.5 Å². The van der Waals surface area contributed by atoms with Gasteiger partial charge in [0.05, 0.1) is 13.2 Å². The van der Waals surface area contributed by atoms with Gasteiger partial charge in [-0.15, -0.1) is 0 Å². The summed E-state index contributed by atoms with van der Waals surface area (Å²) < 4.78 is 4.97. The van der Waals surface area contributed by atoms with Gasteiger partial charge in [-0.2, -0.15) is 0 Å². The second-order valence-electron chi connectivity index (χ2n) is 5.10. The predicted molar refractivity (Wildman–Crippen MR) is 72.6 cm³/mol. The van der Waals surface area contributed by atoms with E-state index in [1.165, 1.54) is 13.0 Å². The van der Waals surface area contributed by atoms with Crippen LogP contribution >= 0.6 is 0 Å². The molecule has 0 bridgehead atoms. The molecule has 2 atom stereocenters. The Morgan fingerprint density at radius 3 is 2.94 bits per heavy atom. The largest absolute Gasteiger partial charge is 0.383 e. The van der Waals surface area contributed by atoms with Gasteiger partial charge in [-0.25, -0.2) is 0 Å². The van der Waals surface area contributed by atoms with Crippen molar-refractivity contribution in [3.8, 4) is 0 Å². The molecule has 2 unspecified atom stereocenters. The second-order valence-corrected chi connectivity index (χ2v) is 5.10. The fraction of sp³-hybridized carbons (Fsp3) is 0.923. The lowest BCUT2D eigenvalue weighted by Crippen LogP contribution is -2.42. The zero-order chi connectivity index (χ0) is 13.4. The summed E-state index contributed by atoms with van der Waals surface area (Å²) in [5.74, 6) is 0.735. The molecule has 1 rings (SSSR count). The van der Waals surface area contributed by atoms with Gasteiger partial charge in [0.2, 0.25) is 5.91 Å². The zero-order valence-corrected chi connectivity index (χ0v) is 11.9. The van der Waals surface area contributed by atoms with E-state index >= 15 is 0 Å². The first-order valence-electron chi connectivity index (χ1n) is 6.87. The highest BCUT2D eigenvalue weighted by Gasteiger charge is 2.20. The van der Waals surface area contributed by atoms with Gasteiger partial charge in [-0.05, 0) is 38.9 Å². The summed E-state index contributed by atoms with van der Waals surface area (Å²) >= 11 is 0. The Kier molecular flexibility index (Phi) is 7.23. The average Bonchev–Trinajstić information content (AvgIpc) is 2.77. The van der Waals surface area contributed by atoms with Gasteiger partial charge in [-0.3, -0.25) is 4.79 Å². The molecule has 0 radical (unpaired) electrons. The number of likely N-dealkylation sites (tertiary alicyclic amines) is 1. The van der Waals surface area contributed by atoms with Crippen LogP contribution in [0.5, 0.6) is 0 Å². The molecule has 18 heavy (non-hydrogen) atoms. The number of rotatable bonds is 8. The Balaban J connectivity index is 2.05. The van der Waals surface area contributed by atoms with Crippen molar-refractivity contribution in [1.82, 2.24) is 15.5 Å². The maximum absolute atomic E-state index is 11.6. The molecule has 1 aliphatic rings. The normalized spacial score (nSPS) is 22.1. The number of ether oxygens (including phenoxy) is 1. The van der Waals surface area contributed by atoms with Crippen LogP contribution in [-0.2, 0) is 9.53 Å². The first-order valence-corrected chi connectivity index (χ1v) is 6.87. The van der Waals surface area contributed by atoms with Crippen LogP contribution in [0, 0.1) is 5.92 Å². The molecule has 0 aromatic carbocycles. The van der Waals surface area contributed by atoms with Crippen LogP contribution in [0.3, 0.4) is 0 Å². The topological polar surface area (TPSA) is 53.6 Å². The SMILES string of the molecule is CCN1CCC(CNCC(=O)NC(C)COC)C1. The molecule has 0 saturated carbocycles. The Labute approximate surface area is 110 Å². The van der Waals surface area contributed by atoms with E-state index in [0.717, 1.165) is 19.6 Å². The number of methoxy groups -OCH3 is 1. The van der Waals surface area contributed by atoms with Crippen LogP contribution in [0.15, 0.2) is 0 Å². The lowest BCUT2D eigenvalue weighted by atomic mass is 10.1. The van der Waals surface area contributed by atoms with E-state index in [9.17, 15) is 4.79 Å². The van der Waals surface area contributed by atoms with Crippen LogP contribution in [0.25, 0.3) is 0 Å². The minimum atomic E-state index is 0.0462. The molecule has 5 heteroatoms. The summed E-state index contributed by atoms with van der Waals surface area (Å²) in [6.45, 7) is 9.51. The average molecular weight is 257 g/mol. The lowest BCUT2D eigenvalue weighted by molar-refractivity contribution is -0.121. The minimum Gasteiger partial charge on any atom is -0.383 e. The number of nitrogens with one attached hydrogen (secondary N) is 2. The minimum absolute atomic E-state index is 0.0462. The van der Waals surface area contributed by atoms with Gasteiger partial charge in [0.1, 0.15) is 0 Å². The highest BCUT2D eigenvalue weighted by molar-refractivity contribution is 5.78. The molecule has 0 spiro atoms. The number of nitrogens with zero attached hydrogens (tertiary/aromatic N) is 1. The van der Waals surface area contributed by atoms with Crippen LogP contribution in [0.2, 0.25) is 0 Å². The van der Waals surface area contributed by atoms with E-state index in [1.54, 1.807) is 7.11 Å². The maximum Gasteiger partial charge on any atom is 0.234 e.